The van der Waals surface area contributed by atoms with Crippen molar-refractivity contribution < 1.29 is 14.4 Å². The molecule has 0 atom stereocenters. The molecule has 0 spiro atoms. The first-order chi connectivity index (χ1) is 15.1. The first-order valence-corrected chi connectivity index (χ1v) is 10.5. The molecule has 0 aliphatic heterocycles. The average Bonchev–Trinajstić information content (AvgIpc) is 3.07. The minimum atomic E-state index is -0.397. The first-order valence-electron chi connectivity index (χ1n) is 10.5. The normalized spacial score (nSPS) is 11.2. The van der Waals surface area contributed by atoms with Gasteiger partial charge in [-0.2, -0.15) is 0 Å². The number of hydrazine groups is 1. The summed E-state index contributed by atoms with van der Waals surface area (Å²) in [6.07, 6.45) is 0.0745. The van der Waals surface area contributed by atoms with E-state index in [1.807, 2.05) is 48.0 Å². The standard InChI is InChI=1S/C24H29N5O3/c1-24(2,3)17-11-9-16(10-12-17)23(32)25-14-13-21(30)27-28-22(31)15-20-26-18-7-5-6-8-19(18)29(20)4/h5-12H,13-15H2,1-4H3,(H,25,32)(H,27,30)(H,28,31). The summed E-state index contributed by atoms with van der Waals surface area (Å²) >= 11 is 0. The van der Waals surface area contributed by atoms with Crippen molar-refractivity contribution in [2.24, 2.45) is 7.05 Å². The number of fused-ring (bicyclic) bond motifs is 1. The lowest BCUT2D eigenvalue weighted by atomic mass is 9.87. The van der Waals surface area contributed by atoms with Gasteiger partial charge in [0.2, 0.25) is 11.8 Å². The van der Waals surface area contributed by atoms with Crippen LogP contribution in [0, 0.1) is 0 Å². The number of carbonyl (C=O) groups excluding carboxylic acids is 3. The molecule has 2 aromatic carbocycles. The number of nitrogens with zero attached hydrogens (tertiary/aromatic N) is 2. The van der Waals surface area contributed by atoms with E-state index in [1.165, 1.54) is 0 Å². The Kier molecular flexibility index (Phi) is 6.92. The van der Waals surface area contributed by atoms with Crippen LogP contribution < -0.4 is 16.2 Å². The van der Waals surface area contributed by atoms with Crippen molar-refractivity contribution in [2.45, 2.75) is 39.0 Å². The molecular weight excluding hydrogens is 406 g/mol. The molecule has 0 radical (unpaired) electrons. The number of aryl methyl sites for hydroxylation is 1. The number of aromatic nitrogens is 2. The Balaban J connectivity index is 1.40. The third-order valence-electron chi connectivity index (χ3n) is 5.19. The van der Waals surface area contributed by atoms with Gasteiger partial charge in [-0.1, -0.05) is 45.0 Å². The van der Waals surface area contributed by atoms with E-state index in [9.17, 15) is 14.4 Å². The number of para-hydroxylation sites is 2. The van der Waals surface area contributed by atoms with Crippen LogP contribution in [0.15, 0.2) is 48.5 Å². The predicted octanol–water partition coefficient (Wildman–Crippen LogP) is 2.38. The van der Waals surface area contributed by atoms with E-state index in [4.69, 9.17) is 0 Å². The maximum absolute atomic E-state index is 12.2. The van der Waals surface area contributed by atoms with Gasteiger partial charge in [-0.05, 0) is 35.2 Å². The molecule has 0 aliphatic carbocycles. The van der Waals surface area contributed by atoms with Crippen LogP contribution in [0.2, 0.25) is 0 Å². The van der Waals surface area contributed by atoms with E-state index in [0.29, 0.717) is 11.4 Å². The zero-order valence-electron chi connectivity index (χ0n) is 18.9. The van der Waals surface area contributed by atoms with Crippen molar-refractivity contribution in [3.05, 3.63) is 65.5 Å². The molecule has 0 bridgehead atoms. The Labute approximate surface area is 187 Å². The third kappa shape index (κ3) is 5.72. The SMILES string of the molecule is Cn1c(CC(=O)NNC(=O)CCNC(=O)c2ccc(C(C)(C)C)cc2)nc2ccccc21. The topological polar surface area (TPSA) is 105 Å². The van der Waals surface area contributed by atoms with Crippen LogP contribution in [0.5, 0.6) is 0 Å². The highest BCUT2D eigenvalue weighted by Crippen LogP contribution is 2.22. The summed E-state index contributed by atoms with van der Waals surface area (Å²) in [6.45, 7) is 6.49. The largest absolute Gasteiger partial charge is 0.352 e. The lowest BCUT2D eigenvalue weighted by Crippen LogP contribution is -2.43. The molecule has 3 amide bonds. The monoisotopic (exact) mass is 435 g/mol. The van der Waals surface area contributed by atoms with Gasteiger partial charge in [-0.25, -0.2) is 4.98 Å². The number of nitrogens with one attached hydrogen (secondary N) is 3. The highest BCUT2D eigenvalue weighted by molar-refractivity contribution is 5.94. The molecule has 8 heteroatoms. The molecule has 0 aliphatic rings. The molecule has 32 heavy (non-hydrogen) atoms. The number of rotatable bonds is 6. The number of hydrogen-bond donors (Lipinski definition) is 3. The Morgan fingerprint density at radius 2 is 1.59 bits per heavy atom. The van der Waals surface area contributed by atoms with Crippen LogP contribution in [-0.4, -0.2) is 33.8 Å². The molecule has 3 N–H and O–H groups in total. The zero-order valence-corrected chi connectivity index (χ0v) is 18.9. The van der Waals surface area contributed by atoms with Gasteiger partial charge in [0.05, 0.1) is 17.5 Å². The maximum atomic E-state index is 12.2. The third-order valence-corrected chi connectivity index (χ3v) is 5.19. The quantitative estimate of drug-likeness (QED) is 0.517. The van der Waals surface area contributed by atoms with Gasteiger partial charge in [-0.15, -0.1) is 0 Å². The summed E-state index contributed by atoms with van der Waals surface area (Å²) in [5.74, 6) is -0.418. The average molecular weight is 436 g/mol. The zero-order chi connectivity index (χ0) is 23.3. The summed E-state index contributed by atoms with van der Waals surface area (Å²) in [6, 6.07) is 15.0. The van der Waals surface area contributed by atoms with Crippen LogP contribution in [0.25, 0.3) is 11.0 Å². The molecule has 1 heterocycles. The second-order valence-corrected chi connectivity index (χ2v) is 8.68. The summed E-state index contributed by atoms with van der Waals surface area (Å²) in [5, 5.41) is 2.71. The smallest absolute Gasteiger partial charge is 0.251 e. The van der Waals surface area contributed by atoms with Crippen molar-refractivity contribution in [3.63, 3.8) is 0 Å². The van der Waals surface area contributed by atoms with E-state index in [0.717, 1.165) is 16.6 Å². The minimum absolute atomic E-state index is 0.0152. The van der Waals surface area contributed by atoms with Crippen LogP contribution in [0.3, 0.4) is 0 Å². The number of benzene rings is 2. The molecular formula is C24H29N5O3. The summed E-state index contributed by atoms with van der Waals surface area (Å²) in [7, 11) is 1.84. The van der Waals surface area contributed by atoms with Crippen LogP contribution in [0.4, 0.5) is 0 Å². The van der Waals surface area contributed by atoms with E-state index in [2.05, 4.69) is 41.9 Å². The maximum Gasteiger partial charge on any atom is 0.251 e. The highest BCUT2D eigenvalue weighted by atomic mass is 16.2. The van der Waals surface area contributed by atoms with Crippen molar-refractivity contribution in [1.29, 1.82) is 0 Å². The highest BCUT2D eigenvalue weighted by Gasteiger charge is 2.15. The Morgan fingerprint density at radius 1 is 0.938 bits per heavy atom. The Hall–Kier alpha value is -3.68. The molecule has 168 valence electrons. The Morgan fingerprint density at radius 3 is 2.25 bits per heavy atom. The summed E-state index contributed by atoms with van der Waals surface area (Å²) in [5.41, 5.74) is 8.19. The van der Waals surface area contributed by atoms with Crippen LogP contribution >= 0.6 is 0 Å². The van der Waals surface area contributed by atoms with Crippen LogP contribution in [0.1, 0.15) is 48.9 Å². The first kappa shape index (κ1) is 23.0. The molecule has 0 unspecified atom stereocenters. The fourth-order valence-corrected chi connectivity index (χ4v) is 3.26. The van der Waals surface area contributed by atoms with Gasteiger partial charge in [0, 0.05) is 25.6 Å². The number of imidazole rings is 1. The van der Waals surface area contributed by atoms with E-state index < -0.39 is 5.91 Å². The molecule has 1 aromatic heterocycles. The summed E-state index contributed by atoms with van der Waals surface area (Å²) in [4.78, 5) is 40.8. The second-order valence-electron chi connectivity index (χ2n) is 8.68. The van der Waals surface area contributed by atoms with Crippen molar-refractivity contribution in [2.75, 3.05) is 6.54 Å². The van der Waals surface area contributed by atoms with Gasteiger partial charge in [0.15, 0.2) is 0 Å². The van der Waals surface area contributed by atoms with Crippen molar-refractivity contribution in [3.8, 4) is 0 Å². The molecule has 8 nitrogen and oxygen atoms in total. The van der Waals surface area contributed by atoms with Gasteiger partial charge in [-0.3, -0.25) is 25.2 Å². The second kappa shape index (κ2) is 9.64. The molecule has 3 aromatic rings. The van der Waals surface area contributed by atoms with Gasteiger partial charge in [0.25, 0.3) is 5.91 Å². The minimum Gasteiger partial charge on any atom is -0.352 e. The number of hydrogen-bond acceptors (Lipinski definition) is 4. The number of carbonyl (C=O) groups is 3. The molecule has 0 saturated carbocycles. The van der Waals surface area contributed by atoms with Crippen molar-refractivity contribution >= 4 is 28.8 Å². The number of amides is 3. The fraction of sp³-hybridized carbons (Fsp3) is 0.333. The summed E-state index contributed by atoms with van der Waals surface area (Å²) < 4.78 is 1.85. The van der Waals surface area contributed by atoms with E-state index in [1.54, 1.807) is 12.1 Å². The van der Waals surface area contributed by atoms with E-state index >= 15 is 0 Å². The lowest BCUT2D eigenvalue weighted by Gasteiger charge is -2.19. The van der Waals surface area contributed by atoms with Gasteiger partial charge < -0.3 is 9.88 Å². The van der Waals surface area contributed by atoms with Gasteiger partial charge >= 0.3 is 0 Å². The molecule has 0 saturated heterocycles. The lowest BCUT2D eigenvalue weighted by molar-refractivity contribution is -0.128. The predicted molar refractivity (Wildman–Crippen MR) is 123 cm³/mol. The van der Waals surface area contributed by atoms with Crippen LogP contribution in [-0.2, 0) is 28.5 Å². The van der Waals surface area contributed by atoms with Gasteiger partial charge in [0.1, 0.15) is 5.82 Å². The Bertz CT molecular complexity index is 1130. The van der Waals surface area contributed by atoms with E-state index in [-0.39, 0.29) is 36.6 Å². The fourth-order valence-electron chi connectivity index (χ4n) is 3.26. The van der Waals surface area contributed by atoms with Crippen molar-refractivity contribution in [1.82, 2.24) is 25.7 Å². The molecule has 3 rings (SSSR count). The molecule has 0 fully saturated rings.